The zero-order valence-corrected chi connectivity index (χ0v) is 7.64. The second-order valence-electron chi connectivity index (χ2n) is 2.26. The summed E-state index contributed by atoms with van der Waals surface area (Å²) in [6.45, 7) is 3.62. The van der Waals surface area contributed by atoms with Crippen LogP contribution in [0.25, 0.3) is 6.08 Å². The van der Waals surface area contributed by atoms with E-state index in [4.69, 9.17) is 4.18 Å². The minimum atomic E-state index is -1.25. The van der Waals surface area contributed by atoms with Gasteiger partial charge in [0.2, 0.25) is 11.1 Å². The van der Waals surface area contributed by atoms with Gasteiger partial charge in [0.1, 0.15) is 5.75 Å². The molecule has 0 amide bonds. The van der Waals surface area contributed by atoms with Gasteiger partial charge in [-0.3, -0.25) is 0 Å². The molecule has 0 bridgehead atoms. The summed E-state index contributed by atoms with van der Waals surface area (Å²) in [7, 11) is 0. The Morgan fingerprint density at radius 2 is 2.00 bits per heavy atom. The third-order valence-corrected chi connectivity index (χ3v) is 1.76. The Hall–Kier alpha value is -1.09. The number of hydrogen-bond donors (Lipinski definition) is 0. The molecule has 1 aromatic rings. The molecule has 0 aliphatic carbocycles. The zero-order valence-electron chi connectivity index (χ0n) is 6.82. The third-order valence-electron chi connectivity index (χ3n) is 1.33. The van der Waals surface area contributed by atoms with Gasteiger partial charge in [-0.15, -0.1) is 0 Å². The highest BCUT2D eigenvalue weighted by atomic mass is 32.2. The largest absolute Gasteiger partial charge is 0.401 e. The second kappa shape index (κ2) is 4.07. The van der Waals surface area contributed by atoms with E-state index in [0.717, 1.165) is 5.56 Å². The van der Waals surface area contributed by atoms with Crippen molar-refractivity contribution in [2.75, 3.05) is 6.26 Å². The monoisotopic (exact) mass is 182 g/mol. The summed E-state index contributed by atoms with van der Waals surface area (Å²) >= 11 is -1.25. The van der Waals surface area contributed by atoms with Crippen LogP contribution in [-0.4, -0.2) is 10.5 Å². The lowest BCUT2D eigenvalue weighted by atomic mass is 10.2. The van der Waals surface area contributed by atoms with Gasteiger partial charge in [0.25, 0.3) is 0 Å². The number of rotatable bonds is 3. The van der Waals surface area contributed by atoms with Gasteiger partial charge in [0.05, 0.1) is 0 Å². The highest BCUT2D eigenvalue weighted by molar-refractivity contribution is 7.79. The third kappa shape index (κ3) is 2.51. The Kier molecular flexibility index (Phi) is 3.05. The summed E-state index contributed by atoms with van der Waals surface area (Å²) in [6, 6.07) is 7.24. The van der Waals surface area contributed by atoms with Crippen molar-refractivity contribution in [3.05, 3.63) is 36.4 Å². The molecule has 0 saturated heterocycles. The summed E-state index contributed by atoms with van der Waals surface area (Å²) in [6.07, 6.45) is 3.23. The lowest BCUT2D eigenvalue weighted by molar-refractivity contribution is 0.568. The van der Waals surface area contributed by atoms with Crippen LogP contribution in [0.4, 0.5) is 0 Å². The lowest BCUT2D eigenvalue weighted by Crippen LogP contribution is -1.95. The Balaban J connectivity index is 2.77. The molecular formula is C9H10O2S. The van der Waals surface area contributed by atoms with Crippen LogP contribution < -0.4 is 4.18 Å². The molecule has 0 aromatic heterocycles. The molecule has 3 heteroatoms. The van der Waals surface area contributed by atoms with Gasteiger partial charge in [-0.25, -0.2) is 4.21 Å². The van der Waals surface area contributed by atoms with E-state index in [2.05, 4.69) is 6.58 Å². The van der Waals surface area contributed by atoms with E-state index in [1.54, 1.807) is 18.2 Å². The molecule has 1 atom stereocenters. The predicted octanol–water partition coefficient (Wildman–Crippen LogP) is 2.00. The number of hydrogen-bond acceptors (Lipinski definition) is 2. The average molecular weight is 182 g/mol. The molecule has 0 heterocycles. The Bertz CT molecular complexity index is 290. The smallest absolute Gasteiger partial charge is 0.203 e. The molecule has 0 aliphatic rings. The highest BCUT2D eigenvalue weighted by Crippen LogP contribution is 2.13. The van der Waals surface area contributed by atoms with E-state index in [9.17, 15) is 4.21 Å². The van der Waals surface area contributed by atoms with Crippen LogP contribution in [0.1, 0.15) is 5.56 Å². The molecule has 2 nitrogen and oxygen atoms in total. The van der Waals surface area contributed by atoms with Crippen LogP contribution >= 0.6 is 0 Å². The minimum Gasteiger partial charge on any atom is -0.401 e. The Morgan fingerprint density at radius 1 is 1.42 bits per heavy atom. The fourth-order valence-corrected chi connectivity index (χ4v) is 1.18. The maximum absolute atomic E-state index is 10.6. The molecular weight excluding hydrogens is 172 g/mol. The molecule has 0 saturated carbocycles. The Morgan fingerprint density at radius 3 is 2.42 bits per heavy atom. The molecule has 1 aromatic carbocycles. The van der Waals surface area contributed by atoms with Crippen LogP contribution in [0.5, 0.6) is 5.75 Å². The fraction of sp³-hybridized carbons (Fsp3) is 0.111. The predicted molar refractivity (Wildman–Crippen MR) is 51.2 cm³/mol. The lowest BCUT2D eigenvalue weighted by Gasteiger charge is -2.00. The summed E-state index contributed by atoms with van der Waals surface area (Å²) in [4.78, 5) is 0. The molecule has 0 radical (unpaired) electrons. The van der Waals surface area contributed by atoms with Gasteiger partial charge < -0.3 is 4.18 Å². The van der Waals surface area contributed by atoms with Gasteiger partial charge in [0, 0.05) is 6.26 Å². The Labute approximate surface area is 74.5 Å². The van der Waals surface area contributed by atoms with Crippen molar-refractivity contribution in [3.8, 4) is 5.75 Å². The van der Waals surface area contributed by atoms with Crippen LogP contribution in [-0.2, 0) is 11.1 Å². The fourth-order valence-electron chi connectivity index (χ4n) is 0.795. The van der Waals surface area contributed by atoms with Crippen LogP contribution in [0.3, 0.4) is 0 Å². The van der Waals surface area contributed by atoms with E-state index < -0.39 is 11.1 Å². The van der Waals surface area contributed by atoms with Crippen molar-refractivity contribution >= 4 is 17.2 Å². The van der Waals surface area contributed by atoms with Gasteiger partial charge in [0.15, 0.2) is 0 Å². The van der Waals surface area contributed by atoms with Crippen molar-refractivity contribution in [1.82, 2.24) is 0 Å². The van der Waals surface area contributed by atoms with Crippen molar-refractivity contribution in [2.24, 2.45) is 0 Å². The zero-order chi connectivity index (χ0) is 8.97. The molecule has 0 spiro atoms. The molecule has 1 rings (SSSR count). The quantitative estimate of drug-likeness (QED) is 0.714. The second-order valence-corrected chi connectivity index (χ2v) is 3.23. The van der Waals surface area contributed by atoms with Gasteiger partial charge in [-0.2, -0.15) is 0 Å². The molecule has 0 aliphatic heterocycles. The number of benzene rings is 1. The summed E-state index contributed by atoms with van der Waals surface area (Å²) < 4.78 is 15.6. The van der Waals surface area contributed by atoms with Gasteiger partial charge in [-0.1, -0.05) is 24.8 Å². The first-order valence-electron chi connectivity index (χ1n) is 3.46. The van der Waals surface area contributed by atoms with Gasteiger partial charge in [-0.05, 0) is 17.7 Å². The topological polar surface area (TPSA) is 26.3 Å². The molecule has 12 heavy (non-hydrogen) atoms. The SMILES string of the molecule is C=Cc1ccc(OS(C)=O)cc1. The normalized spacial score (nSPS) is 12.1. The van der Waals surface area contributed by atoms with E-state index in [1.165, 1.54) is 6.26 Å². The standard InChI is InChI=1S/C9H10O2S/c1-3-8-4-6-9(7-5-8)11-12(2)10/h3-7H,1H2,2H3. The first kappa shape index (κ1) is 9.00. The summed E-state index contributed by atoms with van der Waals surface area (Å²) in [5.41, 5.74) is 1.02. The highest BCUT2D eigenvalue weighted by Gasteiger charge is 1.94. The minimum absolute atomic E-state index is 0.612. The summed E-state index contributed by atoms with van der Waals surface area (Å²) in [5.74, 6) is 0.612. The molecule has 1 unspecified atom stereocenters. The van der Waals surface area contributed by atoms with E-state index >= 15 is 0 Å². The first-order chi connectivity index (χ1) is 5.72. The van der Waals surface area contributed by atoms with E-state index in [-0.39, 0.29) is 0 Å². The van der Waals surface area contributed by atoms with Crippen molar-refractivity contribution in [3.63, 3.8) is 0 Å². The van der Waals surface area contributed by atoms with Crippen molar-refractivity contribution in [1.29, 1.82) is 0 Å². The van der Waals surface area contributed by atoms with E-state index in [0.29, 0.717) is 5.75 Å². The van der Waals surface area contributed by atoms with Crippen LogP contribution in [0.15, 0.2) is 30.8 Å². The molecule has 0 N–H and O–H groups in total. The first-order valence-corrected chi connectivity index (χ1v) is 4.95. The van der Waals surface area contributed by atoms with Gasteiger partial charge >= 0.3 is 0 Å². The van der Waals surface area contributed by atoms with E-state index in [1.807, 2.05) is 12.1 Å². The maximum Gasteiger partial charge on any atom is 0.203 e. The average Bonchev–Trinajstić information content (AvgIpc) is 2.05. The van der Waals surface area contributed by atoms with Crippen LogP contribution in [0, 0.1) is 0 Å². The van der Waals surface area contributed by atoms with Crippen molar-refractivity contribution < 1.29 is 8.39 Å². The molecule has 64 valence electrons. The summed E-state index contributed by atoms with van der Waals surface area (Å²) in [5, 5.41) is 0. The molecule has 0 fully saturated rings. The van der Waals surface area contributed by atoms with Crippen LogP contribution in [0.2, 0.25) is 0 Å². The van der Waals surface area contributed by atoms with Crippen molar-refractivity contribution in [2.45, 2.75) is 0 Å². The maximum atomic E-state index is 10.6.